The monoisotopic (exact) mass is 426 g/mol. The molecule has 1 aliphatic carbocycles. The molecule has 1 saturated carbocycles. The van der Waals surface area contributed by atoms with E-state index in [4.69, 9.17) is 0 Å². The van der Waals surface area contributed by atoms with Crippen molar-refractivity contribution in [3.8, 4) is 0 Å². The second kappa shape index (κ2) is 7.12. The van der Waals surface area contributed by atoms with Crippen LogP contribution >= 0.6 is 0 Å². The predicted molar refractivity (Wildman–Crippen MR) is 120 cm³/mol. The Morgan fingerprint density at radius 1 is 1.17 bits per heavy atom. The van der Waals surface area contributed by atoms with Gasteiger partial charge in [0.1, 0.15) is 0 Å². The Morgan fingerprint density at radius 3 is 2.53 bits per heavy atom. The molecule has 1 amide bonds. The number of anilines is 1. The Bertz CT molecular complexity index is 1060. The maximum absolute atomic E-state index is 13.2. The van der Waals surface area contributed by atoms with E-state index in [0.29, 0.717) is 30.5 Å². The van der Waals surface area contributed by atoms with E-state index in [1.165, 1.54) is 5.56 Å². The SMILES string of the molecule is CC1C2CN(C(=O)CC(C)(C)c3ccccc3)CC12c1cccc(NS(C)(=O)=O)c1. The minimum absolute atomic E-state index is 0.0677. The zero-order chi connectivity index (χ0) is 21.7. The molecule has 5 nitrogen and oxygen atoms in total. The van der Waals surface area contributed by atoms with Crippen LogP contribution in [0.3, 0.4) is 0 Å². The average Bonchev–Trinajstić information content (AvgIpc) is 3.04. The summed E-state index contributed by atoms with van der Waals surface area (Å²) in [4.78, 5) is 15.2. The summed E-state index contributed by atoms with van der Waals surface area (Å²) in [7, 11) is -3.32. The van der Waals surface area contributed by atoms with E-state index in [2.05, 4.69) is 43.7 Å². The summed E-state index contributed by atoms with van der Waals surface area (Å²) in [6, 6.07) is 17.8. The van der Waals surface area contributed by atoms with Gasteiger partial charge in [-0.15, -0.1) is 0 Å². The largest absolute Gasteiger partial charge is 0.341 e. The highest BCUT2D eigenvalue weighted by Gasteiger charge is 2.67. The molecule has 1 aliphatic heterocycles. The Kier molecular flexibility index (Phi) is 4.96. The van der Waals surface area contributed by atoms with Crippen LogP contribution in [0.15, 0.2) is 54.6 Å². The number of carbonyl (C=O) groups is 1. The van der Waals surface area contributed by atoms with Crippen molar-refractivity contribution in [2.75, 3.05) is 24.1 Å². The number of carbonyl (C=O) groups excluding carboxylic acids is 1. The molecule has 1 N–H and O–H groups in total. The summed E-state index contributed by atoms with van der Waals surface area (Å²) in [6.45, 7) is 7.95. The molecule has 1 saturated heterocycles. The minimum atomic E-state index is -3.32. The number of nitrogens with one attached hydrogen (secondary N) is 1. The number of fused-ring (bicyclic) bond motifs is 1. The number of piperidine rings is 1. The van der Waals surface area contributed by atoms with E-state index in [0.717, 1.165) is 18.4 Å². The molecule has 3 atom stereocenters. The van der Waals surface area contributed by atoms with Crippen molar-refractivity contribution in [3.63, 3.8) is 0 Å². The lowest BCUT2D eigenvalue weighted by Gasteiger charge is -2.29. The highest BCUT2D eigenvalue weighted by atomic mass is 32.2. The Balaban J connectivity index is 1.51. The predicted octanol–water partition coefficient (Wildman–Crippen LogP) is 3.77. The molecule has 0 spiro atoms. The zero-order valence-corrected chi connectivity index (χ0v) is 18.9. The molecular formula is C24H30N2O3S. The van der Waals surface area contributed by atoms with Crippen molar-refractivity contribution in [1.82, 2.24) is 4.90 Å². The number of nitrogens with zero attached hydrogens (tertiary/aromatic N) is 1. The van der Waals surface area contributed by atoms with Gasteiger partial charge < -0.3 is 4.90 Å². The van der Waals surface area contributed by atoms with Crippen LogP contribution in [0.5, 0.6) is 0 Å². The zero-order valence-electron chi connectivity index (χ0n) is 18.1. The van der Waals surface area contributed by atoms with E-state index in [1.807, 2.05) is 35.2 Å². The van der Waals surface area contributed by atoms with Crippen LogP contribution < -0.4 is 4.72 Å². The molecule has 0 radical (unpaired) electrons. The van der Waals surface area contributed by atoms with Gasteiger partial charge in [-0.1, -0.05) is 63.2 Å². The van der Waals surface area contributed by atoms with E-state index in [9.17, 15) is 13.2 Å². The topological polar surface area (TPSA) is 66.5 Å². The molecule has 2 aromatic carbocycles. The fraction of sp³-hybridized carbons (Fsp3) is 0.458. The first-order valence-corrected chi connectivity index (χ1v) is 12.3. The Labute approximate surface area is 179 Å². The third kappa shape index (κ3) is 3.73. The number of benzene rings is 2. The van der Waals surface area contributed by atoms with Gasteiger partial charge in [0, 0.05) is 30.6 Å². The molecule has 0 aromatic heterocycles. The van der Waals surface area contributed by atoms with Crippen LogP contribution in [-0.4, -0.2) is 38.6 Å². The van der Waals surface area contributed by atoms with Crippen LogP contribution in [0.25, 0.3) is 0 Å². The maximum atomic E-state index is 13.2. The van der Waals surface area contributed by atoms with E-state index in [1.54, 1.807) is 6.07 Å². The minimum Gasteiger partial charge on any atom is -0.341 e. The summed E-state index contributed by atoms with van der Waals surface area (Å²) < 4.78 is 25.8. The molecule has 2 fully saturated rings. The van der Waals surface area contributed by atoms with Crippen molar-refractivity contribution in [2.24, 2.45) is 11.8 Å². The molecule has 2 aliphatic rings. The van der Waals surface area contributed by atoms with Crippen LogP contribution in [0.1, 0.15) is 38.3 Å². The summed E-state index contributed by atoms with van der Waals surface area (Å²) in [6.07, 6.45) is 1.63. The lowest BCUT2D eigenvalue weighted by molar-refractivity contribution is -0.132. The fourth-order valence-corrected chi connectivity index (χ4v) is 5.81. The summed E-state index contributed by atoms with van der Waals surface area (Å²) in [5, 5.41) is 0. The Hall–Kier alpha value is -2.34. The van der Waals surface area contributed by atoms with E-state index >= 15 is 0 Å². The first-order valence-electron chi connectivity index (χ1n) is 10.4. The number of hydrogen-bond acceptors (Lipinski definition) is 3. The van der Waals surface area contributed by atoms with Gasteiger partial charge in [0.05, 0.1) is 6.26 Å². The van der Waals surface area contributed by atoms with Crippen LogP contribution in [0.2, 0.25) is 0 Å². The summed E-state index contributed by atoms with van der Waals surface area (Å²) in [5.41, 5.74) is 2.58. The van der Waals surface area contributed by atoms with Crippen molar-refractivity contribution in [2.45, 2.75) is 38.0 Å². The molecular weight excluding hydrogens is 396 g/mol. The van der Waals surface area contributed by atoms with E-state index in [-0.39, 0.29) is 16.7 Å². The van der Waals surface area contributed by atoms with Gasteiger partial charge in [0.25, 0.3) is 0 Å². The lowest BCUT2D eigenvalue weighted by Crippen LogP contribution is -2.37. The van der Waals surface area contributed by atoms with Gasteiger partial charge >= 0.3 is 0 Å². The number of sulfonamides is 1. The van der Waals surface area contributed by atoms with Crippen molar-refractivity contribution in [1.29, 1.82) is 0 Å². The quantitative estimate of drug-likeness (QED) is 0.765. The van der Waals surface area contributed by atoms with Crippen LogP contribution in [-0.2, 0) is 25.6 Å². The fourth-order valence-electron chi connectivity index (χ4n) is 5.25. The second-order valence-corrected chi connectivity index (χ2v) is 11.3. The summed E-state index contributed by atoms with van der Waals surface area (Å²) >= 11 is 0. The Morgan fingerprint density at radius 2 is 1.87 bits per heavy atom. The van der Waals surface area contributed by atoms with Gasteiger partial charge in [0.2, 0.25) is 15.9 Å². The van der Waals surface area contributed by atoms with Crippen LogP contribution in [0, 0.1) is 11.8 Å². The third-order valence-electron chi connectivity index (χ3n) is 7.04. The van der Waals surface area contributed by atoms with Crippen molar-refractivity contribution in [3.05, 3.63) is 65.7 Å². The number of amides is 1. The van der Waals surface area contributed by atoms with Gasteiger partial charge in [-0.3, -0.25) is 9.52 Å². The molecule has 0 bridgehead atoms. The molecule has 3 unspecified atom stereocenters. The normalized spacial score (nSPS) is 25.7. The standard InChI is InChI=1S/C24H30N2O3S/c1-17-21-15-26(22(27)14-23(2,3)18-9-6-5-7-10-18)16-24(17,21)19-11-8-12-20(13-19)25-30(4,28)29/h5-13,17,21,25H,14-16H2,1-4H3. The van der Waals surface area contributed by atoms with Gasteiger partial charge in [0.15, 0.2) is 0 Å². The number of hydrogen-bond donors (Lipinski definition) is 1. The van der Waals surface area contributed by atoms with Gasteiger partial charge in [-0.2, -0.15) is 0 Å². The maximum Gasteiger partial charge on any atom is 0.229 e. The number of rotatable bonds is 6. The lowest BCUT2D eigenvalue weighted by atomic mass is 9.81. The number of likely N-dealkylation sites (tertiary alicyclic amines) is 1. The first-order chi connectivity index (χ1) is 14.0. The molecule has 30 heavy (non-hydrogen) atoms. The highest BCUT2D eigenvalue weighted by Crippen LogP contribution is 2.64. The molecule has 160 valence electrons. The highest BCUT2D eigenvalue weighted by molar-refractivity contribution is 7.92. The third-order valence-corrected chi connectivity index (χ3v) is 7.65. The smallest absolute Gasteiger partial charge is 0.229 e. The van der Waals surface area contributed by atoms with Gasteiger partial charge in [-0.05, 0) is 40.5 Å². The van der Waals surface area contributed by atoms with Crippen molar-refractivity contribution >= 4 is 21.6 Å². The molecule has 1 heterocycles. The molecule has 4 rings (SSSR count). The first kappa shape index (κ1) is 20.9. The summed E-state index contributed by atoms with van der Waals surface area (Å²) in [5.74, 6) is 1.10. The van der Waals surface area contributed by atoms with Crippen LogP contribution in [0.4, 0.5) is 5.69 Å². The molecule has 2 aromatic rings. The van der Waals surface area contributed by atoms with Crippen molar-refractivity contribution < 1.29 is 13.2 Å². The van der Waals surface area contributed by atoms with Gasteiger partial charge in [-0.25, -0.2) is 8.42 Å². The molecule has 6 heteroatoms. The average molecular weight is 427 g/mol. The second-order valence-electron chi connectivity index (χ2n) is 9.59. The van der Waals surface area contributed by atoms with E-state index < -0.39 is 10.0 Å².